The molecule has 1 aliphatic heterocycles. The molecule has 0 N–H and O–H groups in total. The molecule has 0 unspecified atom stereocenters. The SMILES string of the molecule is CN1C(=O)C(=NN=C2C=CC(=O)C=C2)c2ccccc21. The molecule has 1 aromatic rings. The lowest BCUT2D eigenvalue weighted by atomic mass is 10.1. The molecule has 1 aliphatic carbocycles. The van der Waals surface area contributed by atoms with Crippen molar-refractivity contribution >= 4 is 28.8 Å². The summed E-state index contributed by atoms with van der Waals surface area (Å²) in [6.07, 6.45) is 5.97. The molecule has 20 heavy (non-hydrogen) atoms. The van der Waals surface area contributed by atoms with E-state index in [1.807, 2.05) is 24.3 Å². The Labute approximate surface area is 115 Å². The number of likely N-dealkylation sites (N-methyl/N-ethyl adjacent to an activating group) is 1. The van der Waals surface area contributed by atoms with Gasteiger partial charge in [-0.25, -0.2) is 0 Å². The van der Waals surface area contributed by atoms with Crippen LogP contribution in [0.15, 0.2) is 58.8 Å². The average Bonchev–Trinajstić information content (AvgIpc) is 2.71. The zero-order chi connectivity index (χ0) is 14.1. The molecule has 1 amide bonds. The number of anilines is 1. The fourth-order valence-electron chi connectivity index (χ4n) is 2.07. The van der Waals surface area contributed by atoms with Crippen LogP contribution in [-0.2, 0) is 9.59 Å². The Hall–Kier alpha value is -2.82. The number of hydrogen-bond donors (Lipinski definition) is 0. The zero-order valence-corrected chi connectivity index (χ0v) is 10.8. The largest absolute Gasteiger partial charge is 0.309 e. The van der Waals surface area contributed by atoms with Gasteiger partial charge in [-0.3, -0.25) is 9.59 Å². The second-order valence-electron chi connectivity index (χ2n) is 4.42. The third-order valence-corrected chi connectivity index (χ3v) is 3.13. The van der Waals surface area contributed by atoms with E-state index in [-0.39, 0.29) is 11.7 Å². The Morgan fingerprint density at radius 3 is 2.40 bits per heavy atom. The Balaban J connectivity index is 1.99. The standard InChI is InChI=1S/C15H11N3O2/c1-18-13-5-3-2-4-12(13)14(15(18)20)17-16-10-6-8-11(19)9-7-10/h2-9H,1H3. The van der Waals surface area contributed by atoms with Crippen LogP contribution >= 0.6 is 0 Å². The molecule has 2 aliphatic rings. The Morgan fingerprint density at radius 1 is 0.950 bits per heavy atom. The number of para-hydroxylation sites is 1. The third-order valence-electron chi connectivity index (χ3n) is 3.13. The molecule has 0 radical (unpaired) electrons. The second-order valence-corrected chi connectivity index (χ2v) is 4.42. The van der Waals surface area contributed by atoms with E-state index in [9.17, 15) is 9.59 Å². The van der Waals surface area contributed by atoms with E-state index in [1.54, 1.807) is 24.1 Å². The van der Waals surface area contributed by atoms with Crippen molar-refractivity contribution in [2.24, 2.45) is 10.2 Å². The van der Waals surface area contributed by atoms with E-state index in [0.717, 1.165) is 11.3 Å². The molecule has 5 heteroatoms. The van der Waals surface area contributed by atoms with Gasteiger partial charge in [0.25, 0.3) is 5.91 Å². The van der Waals surface area contributed by atoms with Gasteiger partial charge in [0.1, 0.15) is 0 Å². The van der Waals surface area contributed by atoms with E-state index >= 15 is 0 Å². The molecule has 0 saturated carbocycles. The van der Waals surface area contributed by atoms with Gasteiger partial charge in [0, 0.05) is 12.6 Å². The van der Waals surface area contributed by atoms with Crippen molar-refractivity contribution in [3.05, 3.63) is 54.1 Å². The first-order chi connectivity index (χ1) is 9.66. The van der Waals surface area contributed by atoms with E-state index in [0.29, 0.717) is 11.4 Å². The number of allylic oxidation sites excluding steroid dienone is 4. The van der Waals surface area contributed by atoms with Crippen LogP contribution in [0.4, 0.5) is 5.69 Å². The van der Waals surface area contributed by atoms with Gasteiger partial charge in [0.05, 0.1) is 11.4 Å². The van der Waals surface area contributed by atoms with Crippen molar-refractivity contribution in [2.45, 2.75) is 0 Å². The first-order valence-corrected chi connectivity index (χ1v) is 6.10. The number of nitrogens with zero attached hydrogens (tertiary/aromatic N) is 3. The maximum Gasteiger partial charge on any atom is 0.279 e. The van der Waals surface area contributed by atoms with Crippen LogP contribution in [0.1, 0.15) is 5.56 Å². The number of carbonyl (C=O) groups is 2. The van der Waals surface area contributed by atoms with Crippen LogP contribution in [0.3, 0.4) is 0 Å². The molecule has 98 valence electrons. The average molecular weight is 265 g/mol. The molecule has 1 heterocycles. The molecule has 0 spiro atoms. The number of benzene rings is 1. The first kappa shape index (κ1) is 12.2. The maximum absolute atomic E-state index is 12.1. The zero-order valence-electron chi connectivity index (χ0n) is 10.8. The van der Waals surface area contributed by atoms with Crippen LogP contribution in [0, 0.1) is 0 Å². The van der Waals surface area contributed by atoms with Crippen LogP contribution in [-0.4, -0.2) is 30.2 Å². The summed E-state index contributed by atoms with van der Waals surface area (Å²) in [6, 6.07) is 7.43. The Kier molecular flexibility index (Phi) is 2.87. The van der Waals surface area contributed by atoms with Gasteiger partial charge < -0.3 is 4.90 Å². The summed E-state index contributed by atoms with van der Waals surface area (Å²) in [6.45, 7) is 0. The lowest BCUT2D eigenvalue weighted by Crippen LogP contribution is -2.25. The summed E-state index contributed by atoms with van der Waals surface area (Å²) >= 11 is 0. The lowest BCUT2D eigenvalue weighted by molar-refractivity contribution is -0.112. The smallest absolute Gasteiger partial charge is 0.279 e. The van der Waals surface area contributed by atoms with Gasteiger partial charge in [-0.15, -0.1) is 5.10 Å². The van der Waals surface area contributed by atoms with E-state index in [4.69, 9.17) is 0 Å². The predicted molar refractivity (Wildman–Crippen MR) is 77.1 cm³/mol. The molecule has 1 aromatic carbocycles. The molecule has 0 saturated heterocycles. The lowest BCUT2D eigenvalue weighted by Gasteiger charge is -2.07. The normalized spacial score (nSPS) is 18.9. The minimum absolute atomic E-state index is 0.0846. The molecular weight excluding hydrogens is 254 g/mol. The van der Waals surface area contributed by atoms with Crippen molar-refractivity contribution in [3.8, 4) is 0 Å². The van der Waals surface area contributed by atoms with Crippen molar-refractivity contribution in [2.75, 3.05) is 11.9 Å². The van der Waals surface area contributed by atoms with Crippen LogP contribution in [0.25, 0.3) is 0 Å². The van der Waals surface area contributed by atoms with Crippen molar-refractivity contribution in [1.82, 2.24) is 0 Å². The molecule has 0 fully saturated rings. The molecule has 5 nitrogen and oxygen atoms in total. The maximum atomic E-state index is 12.1. The monoisotopic (exact) mass is 265 g/mol. The van der Waals surface area contributed by atoms with Gasteiger partial charge in [-0.1, -0.05) is 18.2 Å². The number of ketones is 1. The summed E-state index contributed by atoms with van der Waals surface area (Å²) in [4.78, 5) is 24.7. The summed E-state index contributed by atoms with van der Waals surface area (Å²) < 4.78 is 0. The molecular formula is C15H11N3O2. The fraction of sp³-hybridized carbons (Fsp3) is 0.0667. The third kappa shape index (κ3) is 1.99. The van der Waals surface area contributed by atoms with Gasteiger partial charge >= 0.3 is 0 Å². The van der Waals surface area contributed by atoms with E-state index < -0.39 is 0 Å². The molecule has 0 aromatic heterocycles. The second kappa shape index (κ2) is 4.70. The number of hydrogen-bond acceptors (Lipinski definition) is 4. The Bertz CT molecular complexity index is 708. The van der Waals surface area contributed by atoms with Gasteiger partial charge in [0.15, 0.2) is 11.5 Å². The van der Waals surface area contributed by atoms with E-state index in [2.05, 4.69) is 10.2 Å². The van der Waals surface area contributed by atoms with Crippen LogP contribution in [0.2, 0.25) is 0 Å². The summed E-state index contributed by atoms with van der Waals surface area (Å²) in [5, 5.41) is 8.06. The summed E-state index contributed by atoms with van der Waals surface area (Å²) in [5.74, 6) is -0.269. The van der Waals surface area contributed by atoms with Crippen molar-refractivity contribution in [3.63, 3.8) is 0 Å². The molecule has 0 bridgehead atoms. The highest BCUT2D eigenvalue weighted by atomic mass is 16.2. The van der Waals surface area contributed by atoms with Gasteiger partial charge in [-0.05, 0) is 30.4 Å². The summed E-state index contributed by atoms with van der Waals surface area (Å²) in [7, 11) is 1.70. The minimum Gasteiger partial charge on any atom is -0.309 e. The van der Waals surface area contributed by atoms with Gasteiger partial charge in [-0.2, -0.15) is 5.10 Å². The molecule has 3 rings (SSSR count). The first-order valence-electron chi connectivity index (χ1n) is 6.10. The predicted octanol–water partition coefficient (Wildman–Crippen LogP) is 1.50. The van der Waals surface area contributed by atoms with Crippen LogP contribution < -0.4 is 4.90 Å². The highest BCUT2D eigenvalue weighted by Crippen LogP contribution is 2.27. The topological polar surface area (TPSA) is 62.1 Å². The molecule has 0 atom stereocenters. The van der Waals surface area contributed by atoms with E-state index in [1.165, 1.54) is 12.2 Å². The van der Waals surface area contributed by atoms with Crippen LogP contribution in [0.5, 0.6) is 0 Å². The number of carbonyl (C=O) groups excluding carboxylic acids is 2. The number of amides is 1. The highest BCUT2D eigenvalue weighted by molar-refractivity contribution is 6.54. The fourth-order valence-corrected chi connectivity index (χ4v) is 2.07. The number of fused-ring (bicyclic) bond motifs is 1. The Morgan fingerprint density at radius 2 is 1.65 bits per heavy atom. The van der Waals surface area contributed by atoms with Crippen molar-refractivity contribution < 1.29 is 9.59 Å². The summed E-state index contributed by atoms with van der Waals surface area (Å²) in [5.41, 5.74) is 2.44. The van der Waals surface area contributed by atoms with Gasteiger partial charge in [0.2, 0.25) is 0 Å². The quantitative estimate of drug-likeness (QED) is 0.570. The minimum atomic E-state index is -0.185. The highest BCUT2D eigenvalue weighted by Gasteiger charge is 2.31. The number of rotatable bonds is 1. The van der Waals surface area contributed by atoms with Crippen molar-refractivity contribution in [1.29, 1.82) is 0 Å².